The van der Waals surface area contributed by atoms with E-state index in [4.69, 9.17) is 0 Å². The molecule has 4 aromatic rings. The van der Waals surface area contributed by atoms with Crippen LogP contribution in [0.3, 0.4) is 0 Å². The summed E-state index contributed by atoms with van der Waals surface area (Å²) in [5.74, 6) is 1.02. The van der Waals surface area contributed by atoms with E-state index in [0.29, 0.717) is 0 Å². The highest BCUT2D eigenvalue weighted by Crippen LogP contribution is 2.15. The number of rotatable bonds is 5. The lowest BCUT2D eigenvalue weighted by Crippen LogP contribution is -1.94. The number of hydrogen-bond acceptors (Lipinski definition) is 1. The number of aromatic nitrogens is 2. The molecule has 0 aliphatic heterocycles. The van der Waals surface area contributed by atoms with Crippen molar-refractivity contribution in [1.29, 1.82) is 0 Å². The van der Waals surface area contributed by atoms with Crippen molar-refractivity contribution >= 4 is 11.0 Å². The predicted molar refractivity (Wildman–Crippen MR) is 99.2 cm³/mol. The molecule has 118 valence electrons. The van der Waals surface area contributed by atoms with Crippen molar-refractivity contribution in [2.75, 3.05) is 0 Å². The summed E-state index contributed by atoms with van der Waals surface area (Å²) in [6.07, 6.45) is 3.01. The van der Waals surface area contributed by atoms with Gasteiger partial charge in [-0.25, -0.2) is 4.98 Å². The van der Waals surface area contributed by atoms with Gasteiger partial charge in [0.2, 0.25) is 0 Å². The molecule has 0 amide bonds. The Labute approximate surface area is 142 Å². The Morgan fingerprint density at radius 3 is 2.00 bits per heavy atom. The molecule has 4 rings (SSSR count). The number of benzene rings is 3. The maximum atomic E-state index is 4.65. The molecule has 0 aliphatic carbocycles. The third-order valence-electron chi connectivity index (χ3n) is 4.38. The van der Waals surface area contributed by atoms with E-state index in [9.17, 15) is 0 Å². The minimum Gasteiger partial charge on any atom is -0.342 e. The Balaban J connectivity index is 1.41. The first-order chi connectivity index (χ1) is 11.9. The summed E-state index contributed by atoms with van der Waals surface area (Å²) in [6, 6.07) is 27.7. The van der Waals surface area contributed by atoms with Gasteiger partial charge in [0.25, 0.3) is 0 Å². The zero-order valence-electron chi connectivity index (χ0n) is 13.6. The van der Waals surface area contributed by atoms with Gasteiger partial charge in [0.1, 0.15) is 5.82 Å². The molecule has 1 aromatic heterocycles. The molecular formula is C22H20N2. The molecule has 0 saturated carbocycles. The second-order valence-corrected chi connectivity index (χ2v) is 6.18. The topological polar surface area (TPSA) is 28.7 Å². The number of H-pyrrole nitrogens is 1. The minimum absolute atomic E-state index is 0.841. The van der Waals surface area contributed by atoms with Crippen LogP contribution in [0.15, 0.2) is 78.9 Å². The molecular weight excluding hydrogens is 292 g/mol. The monoisotopic (exact) mass is 312 g/mol. The summed E-state index contributed by atoms with van der Waals surface area (Å²) in [4.78, 5) is 8.05. The van der Waals surface area contributed by atoms with Gasteiger partial charge in [-0.1, -0.05) is 66.7 Å². The Hall–Kier alpha value is -2.87. The van der Waals surface area contributed by atoms with Gasteiger partial charge in [-0.3, -0.25) is 0 Å². The van der Waals surface area contributed by atoms with Gasteiger partial charge in [-0.2, -0.15) is 0 Å². The number of hydrogen-bond donors (Lipinski definition) is 1. The van der Waals surface area contributed by atoms with Gasteiger partial charge in [-0.15, -0.1) is 0 Å². The van der Waals surface area contributed by atoms with Gasteiger partial charge < -0.3 is 4.98 Å². The van der Waals surface area contributed by atoms with E-state index in [-0.39, 0.29) is 0 Å². The van der Waals surface area contributed by atoms with E-state index in [1.165, 1.54) is 16.7 Å². The number of aryl methyl sites for hydroxylation is 2. The van der Waals surface area contributed by atoms with E-state index in [1.54, 1.807) is 0 Å². The second-order valence-electron chi connectivity index (χ2n) is 6.18. The Kier molecular flexibility index (Phi) is 4.11. The molecule has 3 aromatic carbocycles. The molecule has 0 bridgehead atoms. The third kappa shape index (κ3) is 3.38. The van der Waals surface area contributed by atoms with Crippen LogP contribution in [0.25, 0.3) is 11.0 Å². The third-order valence-corrected chi connectivity index (χ3v) is 4.38. The molecule has 0 saturated heterocycles. The average molecular weight is 312 g/mol. The maximum Gasteiger partial charge on any atom is 0.111 e. The first-order valence-corrected chi connectivity index (χ1v) is 8.42. The van der Waals surface area contributed by atoms with Gasteiger partial charge in [-0.05, 0) is 41.7 Å². The van der Waals surface area contributed by atoms with Crippen LogP contribution in [0.4, 0.5) is 0 Å². The van der Waals surface area contributed by atoms with Crippen LogP contribution in [0.5, 0.6) is 0 Å². The van der Waals surface area contributed by atoms with Crippen molar-refractivity contribution in [1.82, 2.24) is 9.97 Å². The van der Waals surface area contributed by atoms with E-state index >= 15 is 0 Å². The zero-order chi connectivity index (χ0) is 16.2. The molecule has 2 nitrogen and oxygen atoms in total. The van der Waals surface area contributed by atoms with E-state index in [0.717, 1.165) is 36.1 Å². The fraction of sp³-hybridized carbons (Fsp3) is 0.136. The lowest BCUT2D eigenvalue weighted by molar-refractivity contribution is 0.956. The van der Waals surface area contributed by atoms with Crippen molar-refractivity contribution in [2.45, 2.75) is 19.3 Å². The molecule has 0 atom stereocenters. The summed E-state index contributed by atoms with van der Waals surface area (Å²) in [5.41, 5.74) is 6.20. The van der Waals surface area contributed by atoms with Crippen LogP contribution in [-0.4, -0.2) is 9.97 Å². The van der Waals surface area contributed by atoms with E-state index in [2.05, 4.69) is 70.6 Å². The van der Waals surface area contributed by atoms with Gasteiger partial charge in [0, 0.05) is 6.42 Å². The van der Waals surface area contributed by atoms with Crippen molar-refractivity contribution < 1.29 is 0 Å². The Morgan fingerprint density at radius 1 is 0.625 bits per heavy atom. The zero-order valence-corrected chi connectivity index (χ0v) is 13.6. The van der Waals surface area contributed by atoms with Crippen LogP contribution in [0.2, 0.25) is 0 Å². The summed E-state index contributed by atoms with van der Waals surface area (Å²) >= 11 is 0. The normalized spacial score (nSPS) is 11.0. The molecule has 1 N–H and O–H groups in total. The largest absolute Gasteiger partial charge is 0.342 e. The lowest BCUT2D eigenvalue weighted by atomic mass is 10.0. The molecule has 0 fully saturated rings. The molecule has 0 unspecified atom stereocenters. The van der Waals surface area contributed by atoms with Gasteiger partial charge in [0.15, 0.2) is 0 Å². The fourth-order valence-corrected chi connectivity index (χ4v) is 3.04. The molecule has 0 spiro atoms. The SMILES string of the molecule is c1ccc(CCc2ccc(Cc3nc4ccccc4[nH]3)cc2)cc1. The lowest BCUT2D eigenvalue weighted by Gasteiger charge is -2.04. The average Bonchev–Trinajstić information content (AvgIpc) is 3.04. The van der Waals surface area contributed by atoms with Crippen LogP contribution >= 0.6 is 0 Å². The summed E-state index contributed by atoms with van der Waals surface area (Å²) in [7, 11) is 0. The molecule has 24 heavy (non-hydrogen) atoms. The Morgan fingerprint density at radius 2 is 1.25 bits per heavy atom. The molecule has 0 radical (unpaired) electrons. The molecule has 1 heterocycles. The summed E-state index contributed by atoms with van der Waals surface area (Å²) in [6.45, 7) is 0. The predicted octanol–water partition coefficient (Wildman–Crippen LogP) is 4.94. The quantitative estimate of drug-likeness (QED) is 0.555. The smallest absolute Gasteiger partial charge is 0.111 e. The molecule has 2 heteroatoms. The number of aromatic amines is 1. The molecule has 0 aliphatic rings. The fourth-order valence-electron chi connectivity index (χ4n) is 3.04. The first-order valence-electron chi connectivity index (χ1n) is 8.42. The number of nitrogens with zero attached hydrogens (tertiary/aromatic N) is 1. The highest BCUT2D eigenvalue weighted by molar-refractivity contribution is 5.74. The van der Waals surface area contributed by atoms with E-state index < -0.39 is 0 Å². The van der Waals surface area contributed by atoms with Crippen LogP contribution in [0.1, 0.15) is 22.5 Å². The number of para-hydroxylation sites is 2. The van der Waals surface area contributed by atoms with Crippen molar-refractivity contribution in [3.8, 4) is 0 Å². The van der Waals surface area contributed by atoms with E-state index in [1.807, 2.05) is 18.2 Å². The highest BCUT2D eigenvalue weighted by atomic mass is 14.9. The van der Waals surface area contributed by atoms with Crippen LogP contribution in [-0.2, 0) is 19.3 Å². The Bertz CT molecular complexity index is 888. The first kappa shape index (κ1) is 14.7. The maximum absolute atomic E-state index is 4.65. The highest BCUT2D eigenvalue weighted by Gasteiger charge is 2.03. The van der Waals surface area contributed by atoms with Crippen molar-refractivity contribution in [3.63, 3.8) is 0 Å². The van der Waals surface area contributed by atoms with Crippen LogP contribution < -0.4 is 0 Å². The summed E-state index contributed by atoms with van der Waals surface area (Å²) in [5, 5.41) is 0. The minimum atomic E-state index is 0.841. The van der Waals surface area contributed by atoms with Gasteiger partial charge >= 0.3 is 0 Å². The number of imidazole rings is 1. The second kappa shape index (κ2) is 6.71. The summed E-state index contributed by atoms with van der Waals surface area (Å²) < 4.78 is 0. The number of fused-ring (bicyclic) bond motifs is 1. The van der Waals surface area contributed by atoms with Gasteiger partial charge in [0.05, 0.1) is 11.0 Å². The number of nitrogens with one attached hydrogen (secondary N) is 1. The van der Waals surface area contributed by atoms with Crippen molar-refractivity contribution in [2.24, 2.45) is 0 Å². The standard InChI is InChI=1S/C22H20N2/c1-2-6-17(7-3-1)10-11-18-12-14-19(15-13-18)16-22-23-20-8-4-5-9-21(20)24-22/h1-9,12-15H,10-11,16H2,(H,23,24). The van der Waals surface area contributed by atoms with Crippen LogP contribution in [0, 0.1) is 0 Å². The van der Waals surface area contributed by atoms with Crippen molar-refractivity contribution in [3.05, 3.63) is 101 Å².